The number of nitrogens with zero attached hydrogens (tertiary/aromatic N) is 1. The Morgan fingerprint density at radius 1 is 1.26 bits per heavy atom. The molecule has 0 spiro atoms. The Labute approximate surface area is 144 Å². The predicted molar refractivity (Wildman–Crippen MR) is 83.1 cm³/mol. The SMILES string of the molecule is OC[C@H]1O[C@@H](OC2=c3cc(Br)c(Cl)cc3=NC2)[C@H](O)[C@@H](O)[C@@H]1O. The van der Waals surface area contributed by atoms with Gasteiger partial charge in [0.2, 0.25) is 6.29 Å². The van der Waals surface area contributed by atoms with E-state index in [1.54, 1.807) is 12.1 Å². The Morgan fingerprint density at radius 3 is 2.70 bits per heavy atom. The number of fused-ring (bicyclic) bond motifs is 1. The molecule has 0 bridgehead atoms. The predicted octanol–water partition coefficient (Wildman–Crippen LogP) is -1.34. The van der Waals surface area contributed by atoms with Crippen LogP contribution in [-0.4, -0.2) is 64.3 Å². The molecule has 23 heavy (non-hydrogen) atoms. The molecule has 1 aromatic rings. The van der Waals surface area contributed by atoms with Crippen molar-refractivity contribution in [1.29, 1.82) is 0 Å². The van der Waals surface area contributed by atoms with E-state index in [4.69, 9.17) is 21.1 Å². The van der Waals surface area contributed by atoms with E-state index >= 15 is 0 Å². The molecule has 0 aromatic heterocycles. The molecule has 0 unspecified atom stereocenters. The van der Waals surface area contributed by atoms with E-state index in [2.05, 4.69) is 20.9 Å². The molecule has 0 radical (unpaired) electrons. The van der Waals surface area contributed by atoms with E-state index in [9.17, 15) is 20.4 Å². The highest BCUT2D eigenvalue weighted by Gasteiger charge is 2.45. The van der Waals surface area contributed by atoms with Gasteiger partial charge in [-0.15, -0.1) is 0 Å². The first kappa shape index (κ1) is 17.1. The molecule has 5 atom stereocenters. The highest BCUT2D eigenvalue weighted by atomic mass is 79.9. The molecule has 1 fully saturated rings. The van der Waals surface area contributed by atoms with Crippen LogP contribution in [0, 0.1) is 0 Å². The maximum Gasteiger partial charge on any atom is 0.228 e. The molecule has 2 aliphatic rings. The molecule has 0 amide bonds. The molecule has 3 rings (SSSR count). The Bertz CT molecular complexity index is 727. The van der Waals surface area contributed by atoms with Crippen LogP contribution in [0.4, 0.5) is 0 Å². The van der Waals surface area contributed by atoms with E-state index in [1.807, 2.05) is 0 Å². The van der Waals surface area contributed by atoms with Gasteiger partial charge in [0.25, 0.3) is 0 Å². The summed E-state index contributed by atoms with van der Waals surface area (Å²) >= 11 is 9.34. The Hall–Kier alpha value is -0.740. The van der Waals surface area contributed by atoms with Crippen molar-refractivity contribution in [3.05, 3.63) is 32.2 Å². The summed E-state index contributed by atoms with van der Waals surface area (Å²) in [7, 11) is 0. The molecule has 126 valence electrons. The lowest BCUT2D eigenvalue weighted by Gasteiger charge is -2.39. The van der Waals surface area contributed by atoms with E-state index in [0.29, 0.717) is 25.8 Å². The van der Waals surface area contributed by atoms with Crippen LogP contribution in [-0.2, 0) is 9.47 Å². The number of halogens is 2. The number of rotatable bonds is 3. The van der Waals surface area contributed by atoms with Crippen molar-refractivity contribution in [3.8, 4) is 0 Å². The third-order valence-electron chi connectivity index (χ3n) is 3.84. The topological polar surface area (TPSA) is 112 Å². The van der Waals surface area contributed by atoms with Crippen LogP contribution in [0.1, 0.15) is 0 Å². The normalized spacial score (nSPS) is 33.3. The molecule has 4 N–H and O–H groups in total. The second-order valence-corrected chi connectivity index (χ2v) is 6.60. The number of hydrogen-bond acceptors (Lipinski definition) is 7. The van der Waals surface area contributed by atoms with Crippen molar-refractivity contribution in [2.24, 2.45) is 4.99 Å². The molecule has 1 saturated heterocycles. The van der Waals surface area contributed by atoms with Gasteiger partial charge in [0, 0.05) is 9.69 Å². The standard InChI is InChI=1S/C14H15BrClNO6/c15-6-1-5-8(2-7(6)16)17-3-9(5)22-14-13(21)12(20)11(19)10(4-18)23-14/h1-2,10-14,18-21H,3-4H2/t10-,11-,12+,13-,14-/m1/s1. The molecule has 2 aliphatic heterocycles. The van der Waals surface area contributed by atoms with Crippen LogP contribution in [0.2, 0.25) is 5.02 Å². The fourth-order valence-electron chi connectivity index (χ4n) is 2.54. The number of hydrogen-bond donors (Lipinski definition) is 4. The van der Waals surface area contributed by atoms with Crippen molar-refractivity contribution < 1.29 is 29.9 Å². The Morgan fingerprint density at radius 2 is 2.00 bits per heavy atom. The van der Waals surface area contributed by atoms with Gasteiger partial charge in [-0.3, -0.25) is 4.99 Å². The van der Waals surface area contributed by atoms with Crippen LogP contribution >= 0.6 is 27.5 Å². The number of aliphatic hydroxyl groups is 4. The summed E-state index contributed by atoms with van der Waals surface area (Å²) in [6.07, 6.45) is -6.61. The molecule has 9 heteroatoms. The fourth-order valence-corrected chi connectivity index (χ4v) is 3.04. The summed E-state index contributed by atoms with van der Waals surface area (Å²) in [5.41, 5.74) is 0. The average molecular weight is 409 g/mol. The first-order chi connectivity index (χ1) is 10.9. The minimum atomic E-state index is -1.48. The Kier molecular flexibility index (Phi) is 4.93. The zero-order valence-corrected chi connectivity index (χ0v) is 14.1. The number of ether oxygens (including phenoxy) is 2. The lowest BCUT2D eigenvalue weighted by Crippen LogP contribution is -2.59. The lowest BCUT2D eigenvalue weighted by atomic mass is 9.99. The minimum Gasteiger partial charge on any atom is -0.464 e. The maximum atomic E-state index is 10.0. The minimum absolute atomic E-state index is 0.233. The van der Waals surface area contributed by atoms with Gasteiger partial charge in [0.05, 0.1) is 23.5 Å². The molecule has 0 saturated carbocycles. The zero-order valence-electron chi connectivity index (χ0n) is 11.8. The van der Waals surface area contributed by atoms with E-state index in [1.165, 1.54) is 0 Å². The molecular weight excluding hydrogens is 394 g/mol. The zero-order chi connectivity index (χ0) is 16.7. The third kappa shape index (κ3) is 3.12. The molecule has 0 aliphatic carbocycles. The summed E-state index contributed by atoms with van der Waals surface area (Å²) in [5, 5.41) is 40.6. The summed E-state index contributed by atoms with van der Waals surface area (Å²) < 4.78 is 11.6. The molecular formula is C14H15BrClNO6. The van der Waals surface area contributed by atoms with E-state index in [0.717, 1.165) is 0 Å². The van der Waals surface area contributed by atoms with Crippen LogP contribution in [0.25, 0.3) is 5.76 Å². The average Bonchev–Trinajstić information content (AvgIpc) is 2.90. The van der Waals surface area contributed by atoms with E-state index in [-0.39, 0.29) is 6.54 Å². The van der Waals surface area contributed by atoms with Gasteiger partial charge in [-0.1, -0.05) is 11.6 Å². The molecule has 2 heterocycles. The fraction of sp³-hybridized carbons (Fsp3) is 0.500. The van der Waals surface area contributed by atoms with Crippen molar-refractivity contribution in [1.82, 2.24) is 0 Å². The lowest BCUT2D eigenvalue weighted by molar-refractivity contribution is -0.284. The monoisotopic (exact) mass is 407 g/mol. The van der Waals surface area contributed by atoms with Crippen molar-refractivity contribution in [2.45, 2.75) is 30.7 Å². The summed E-state index contributed by atoms with van der Waals surface area (Å²) in [6.45, 7) is -0.278. The first-order valence-corrected chi connectivity index (χ1v) is 8.09. The second-order valence-electron chi connectivity index (χ2n) is 5.34. The number of benzene rings is 1. The maximum absolute atomic E-state index is 10.0. The highest BCUT2D eigenvalue weighted by molar-refractivity contribution is 9.10. The van der Waals surface area contributed by atoms with Crippen LogP contribution < -0.4 is 10.6 Å². The van der Waals surface area contributed by atoms with Gasteiger partial charge in [-0.2, -0.15) is 0 Å². The number of aliphatic hydroxyl groups excluding tert-OH is 4. The molecule has 1 aromatic carbocycles. The summed E-state index contributed by atoms with van der Waals surface area (Å²) in [5.74, 6) is 0.446. The van der Waals surface area contributed by atoms with Crippen molar-refractivity contribution >= 4 is 33.3 Å². The van der Waals surface area contributed by atoms with Crippen LogP contribution in [0.15, 0.2) is 21.6 Å². The van der Waals surface area contributed by atoms with Crippen molar-refractivity contribution in [3.63, 3.8) is 0 Å². The van der Waals surface area contributed by atoms with Crippen LogP contribution in [0.5, 0.6) is 0 Å². The summed E-state index contributed by atoms with van der Waals surface area (Å²) in [6, 6.07) is 3.43. The van der Waals surface area contributed by atoms with Gasteiger partial charge in [-0.05, 0) is 28.1 Å². The van der Waals surface area contributed by atoms with Gasteiger partial charge < -0.3 is 29.9 Å². The van der Waals surface area contributed by atoms with Gasteiger partial charge in [0.15, 0.2) is 0 Å². The first-order valence-electron chi connectivity index (χ1n) is 6.92. The van der Waals surface area contributed by atoms with E-state index < -0.39 is 37.3 Å². The third-order valence-corrected chi connectivity index (χ3v) is 5.04. The Balaban J connectivity index is 1.89. The van der Waals surface area contributed by atoms with Gasteiger partial charge >= 0.3 is 0 Å². The highest BCUT2D eigenvalue weighted by Crippen LogP contribution is 2.24. The quantitative estimate of drug-likeness (QED) is 0.493. The smallest absolute Gasteiger partial charge is 0.228 e. The summed E-state index contributed by atoms with van der Waals surface area (Å²) in [4.78, 5) is 4.28. The van der Waals surface area contributed by atoms with Crippen LogP contribution in [0.3, 0.4) is 0 Å². The van der Waals surface area contributed by atoms with Crippen molar-refractivity contribution in [2.75, 3.05) is 13.2 Å². The molecule has 7 nitrogen and oxygen atoms in total. The van der Waals surface area contributed by atoms with Gasteiger partial charge in [-0.25, -0.2) is 0 Å². The second kappa shape index (κ2) is 6.64. The van der Waals surface area contributed by atoms with Gasteiger partial charge in [0.1, 0.15) is 30.2 Å². The largest absolute Gasteiger partial charge is 0.464 e.